The van der Waals surface area contributed by atoms with E-state index in [9.17, 15) is 33.8 Å². The van der Waals surface area contributed by atoms with Crippen molar-refractivity contribution in [2.24, 2.45) is 0 Å². The average Bonchev–Trinajstić information content (AvgIpc) is 3.40. The predicted octanol–water partition coefficient (Wildman–Crippen LogP) is 1.07. The first-order valence-electron chi connectivity index (χ1n) is 9.89. The molecule has 2 aromatic rings. The molecule has 0 aliphatic carbocycles. The van der Waals surface area contributed by atoms with Crippen molar-refractivity contribution in [1.29, 1.82) is 0 Å². The number of aromatic amines is 1. The Morgan fingerprint density at radius 2 is 2.24 bits per heavy atom. The van der Waals surface area contributed by atoms with Crippen LogP contribution < -0.4 is 16.3 Å². The molecule has 3 rings (SSSR count). The van der Waals surface area contributed by atoms with E-state index >= 15 is 0 Å². The van der Waals surface area contributed by atoms with E-state index in [1.54, 1.807) is 0 Å². The third-order valence-corrected chi connectivity index (χ3v) is 7.51. The largest absolute Gasteiger partial charge is 0.433 e. The van der Waals surface area contributed by atoms with Crippen LogP contribution >= 0.6 is 23.6 Å². The molecular weight excluding hydrogens is 548 g/mol. The van der Waals surface area contributed by atoms with Gasteiger partial charge in [0.05, 0.1) is 24.5 Å². The SMILES string of the molecule is CN(CCBr)P(=O)(NC[C@H]1O[C@@H](n2cc(F)c(=O)[nH]c2=O)C[C@@H]1O)OCc1ccc([N+](=O)[O-])o1. The second kappa shape index (κ2) is 11.0. The summed E-state index contributed by atoms with van der Waals surface area (Å²) in [6.45, 7) is -0.223. The number of aliphatic hydroxyl groups excluding tert-OH is 1. The highest BCUT2D eigenvalue weighted by Gasteiger charge is 2.38. The van der Waals surface area contributed by atoms with Crippen LogP contribution in [0.15, 0.2) is 32.3 Å². The standard InChI is InChI=1S/C17H22BrFN5O9P/c1-22(5-4-18)34(30,31-9-10-2-3-14(32-10)24(28)29)20-7-13-12(25)6-15(33-13)23-8-11(19)16(26)21-17(23)27/h2-3,8,12-13,15,25H,4-7,9H2,1H3,(H,20,30)(H,21,26,27)/t12-,13+,15+,34?/m0/s1. The number of rotatable bonds is 11. The zero-order valence-electron chi connectivity index (χ0n) is 17.8. The number of hydrogen-bond acceptors (Lipinski definition) is 9. The van der Waals surface area contributed by atoms with Crippen molar-refractivity contribution >= 4 is 29.5 Å². The van der Waals surface area contributed by atoms with Crippen molar-refractivity contribution < 1.29 is 32.7 Å². The zero-order chi connectivity index (χ0) is 25.0. The highest BCUT2D eigenvalue weighted by atomic mass is 79.9. The van der Waals surface area contributed by atoms with Gasteiger partial charge in [0, 0.05) is 24.8 Å². The molecule has 34 heavy (non-hydrogen) atoms. The summed E-state index contributed by atoms with van der Waals surface area (Å²) in [4.78, 5) is 35.1. The lowest BCUT2D eigenvalue weighted by Gasteiger charge is -2.29. The number of aromatic nitrogens is 2. The smallest absolute Gasteiger partial charge is 0.403 e. The fourth-order valence-corrected chi connectivity index (χ4v) is 5.57. The molecule has 3 heterocycles. The molecule has 1 unspecified atom stereocenters. The van der Waals surface area contributed by atoms with Crippen LogP contribution in [-0.4, -0.2) is 61.9 Å². The van der Waals surface area contributed by atoms with Crippen LogP contribution in [0.25, 0.3) is 0 Å². The predicted molar refractivity (Wildman–Crippen MR) is 118 cm³/mol. The van der Waals surface area contributed by atoms with Gasteiger partial charge in [-0.05, 0) is 13.1 Å². The number of halogens is 2. The number of ether oxygens (including phenoxy) is 1. The summed E-state index contributed by atoms with van der Waals surface area (Å²) in [5.41, 5.74) is -2.08. The van der Waals surface area contributed by atoms with Crippen LogP contribution in [0.3, 0.4) is 0 Å². The summed E-state index contributed by atoms with van der Waals surface area (Å²) in [6, 6.07) is 2.46. The average molecular weight is 570 g/mol. The maximum Gasteiger partial charge on any atom is 0.433 e. The molecule has 1 aliphatic rings. The molecule has 1 fully saturated rings. The maximum atomic E-state index is 13.6. The Bertz CT molecular complexity index is 1190. The van der Waals surface area contributed by atoms with Crippen LogP contribution in [0, 0.1) is 15.9 Å². The molecule has 188 valence electrons. The summed E-state index contributed by atoms with van der Waals surface area (Å²) < 4.78 is 45.5. The Morgan fingerprint density at radius 3 is 2.88 bits per heavy atom. The van der Waals surface area contributed by atoms with Gasteiger partial charge in [0.1, 0.15) is 23.5 Å². The number of aliphatic hydroxyl groups is 1. The summed E-state index contributed by atoms with van der Waals surface area (Å²) >= 11 is 3.24. The molecule has 1 saturated heterocycles. The van der Waals surface area contributed by atoms with E-state index < -0.39 is 54.0 Å². The van der Waals surface area contributed by atoms with E-state index in [4.69, 9.17) is 13.7 Å². The minimum atomic E-state index is -3.75. The van der Waals surface area contributed by atoms with Crippen LogP contribution in [0.2, 0.25) is 0 Å². The lowest BCUT2D eigenvalue weighted by Crippen LogP contribution is -2.37. The van der Waals surface area contributed by atoms with Crippen molar-refractivity contribution in [3.05, 3.63) is 60.9 Å². The fourth-order valence-electron chi connectivity index (χ4n) is 3.16. The number of nitrogens with one attached hydrogen (secondary N) is 2. The monoisotopic (exact) mass is 569 g/mol. The molecule has 0 radical (unpaired) electrons. The Kier molecular flexibility index (Phi) is 8.57. The van der Waals surface area contributed by atoms with E-state index in [0.717, 1.165) is 10.6 Å². The zero-order valence-corrected chi connectivity index (χ0v) is 20.2. The van der Waals surface area contributed by atoms with Crippen LogP contribution in [-0.2, 0) is 20.4 Å². The van der Waals surface area contributed by atoms with Crippen molar-refractivity contribution in [3.63, 3.8) is 0 Å². The summed E-state index contributed by atoms with van der Waals surface area (Å²) in [5, 5.41) is 24.3. The molecule has 0 bridgehead atoms. The number of hydrogen-bond donors (Lipinski definition) is 3. The van der Waals surface area contributed by atoms with Gasteiger partial charge in [-0.25, -0.2) is 14.6 Å². The molecule has 4 atom stereocenters. The first kappa shape index (κ1) is 26.4. The lowest BCUT2D eigenvalue weighted by atomic mass is 10.2. The molecule has 0 aromatic carbocycles. The molecule has 3 N–H and O–H groups in total. The van der Waals surface area contributed by atoms with Gasteiger partial charge >= 0.3 is 19.2 Å². The second-order valence-electron chi connectivity index (χ2n) is 7.30. The van der Waals surface area contributed by atoms with E-state index in [0.29, 0.717) is 18.1 Å². The van der Waals surface area contributed by atoms with Gasteiger partial charge in [-0.15, -0.1) is 0 Å². The summed E-state index contributed by atoms with van der Waals surface area (Å²) in [5.74, 6) is -1.60. The van der Waals surface area contributed by atoms with Crippen molar-refractivity contribution in [2.75, 3.05) is 25.5 Å². The molecule has 0 saturated carbocycles. The van der Waals surface area contributed by atoms with Crippen molar-refractivity contribution in [1.82, 2.24) is 19.3 Å². The molecule has 0 spiro atoms. The highest BCUT2D eigenvalue weighted by molar-refractivity contribution is 9.09. The first-order valence-corrected chi connectivity index (χ1v) is 12.6. The van der Waals surface area contributed by atoms with Gasteiger partial charge in [0.2, 0.25) is 5.82 Å². The quantitative estimate of drug-likeness (QED) is 0.152. The van der Waals surface area contributed by atoms with E-state index in [1.165, 1.54) is 17.8 Å². The molecule has 0 amide bonds. The second-order valence-corrected chi connectivity index (χ2v) is 10.4. The van der Waals surface area contributed by atoms with Crippen LogP contribution in [0.5, 0.6) is 0 Å². The Hall–Kier alpha value is -2.20. The third kappa shape index (κ3) is 6.07. The number of nitro groups is 1. The Morgan fingerprint density at radius 1 is 1.50 bits per heavy atom. The van der Waals surface area contributed by atoms with Crippen LogP contribution in [0.1, 0.15) is 18.4 Å². The molecule has 2 aromatic heterocycles. The van der Waals surface area contributed by atoms with Gasteiger partial charge in [-0.1, -0.05) is 15.9 Å². The minimum absolute atomic E-state index is 0.0812. The number of furan rings is 1. The van der Waals surface area contributed by atoms with Crippen molar-refractivity contribution in [2.45, 2.75) is 31.5 Å². The van der Waals surface area contributed by atoms with Gasteiger partial charge in [0.15, 0.2) is 0 Å². The molecule has 14 nitrogen and oxygen atoms in total. The van der Waals surface area contributed by atoms with Crippen molar-refractivity contribution in [3.8, 4) is 0 Å². The molecule has 17 heteroatoms. The summed E-state index contributed by atoms with van der Waals surface area (Å²) in [7, 11) is -2.22. The Labute approximate surface area is 199 Å². The van der Waals surface area contributed by atoms with Gasteiger partial charge in [0.25, 0.3) is 5.56 Å². The van der Waals surface area contributed by atoms with Gasteiger partial charge in [-0.2, -0.15) is 4.39 Å². The third-order valence-electron chi connectivity index (χ3n) is 5.00. The number of nitrogens with zero attached hydrogens (tertiary/aromatic N) is 3. The van der Waals surface area contributed by atoms with E-state index in [-0.39, 0.29) is 25.3 Å². The Balaban J connectivity index is 1.68. The highest BCUT2D eigenvalue weighted by Crippen LogP contribution is 2.46. The fraction of sp³-hybridized carbons (Fsp3) is 0.529. The topological polar surface area (TPSA) is 182 Å². The number of alkyl halides is 1. The van der Waals surface area contributed by atoms with Gasteiger partial charge in [-0.3, -0.25) is 33.5 Å². The first-order chi connectivity index (χ1) is 16.0. The maximum absolute atomic E-state index is 13.6. The van der Waals surface area contributed by atoms with E-state index in [1.807, 2.05) is 4.98 Å². The molecule has 1 aliphatic heterocycles. The minimum Gasteiger partial charge on any atom is -0.403 e. The number of H-pyrrole nitrogens is 1. The normalized spacial score (nSPS) is 22.2. The van der Waals surface area contributed by atoms with Crippen LogP contribution in [0.4, 0.5) is 10.3 Å². The van der Waals surface area contributed by atoms with E-state index in [2.05, 4.69) is 21.0 Å². The lowest BCUT2D eigenvalue weighted by molar-refractivity contribution is -0.402. The van der Waals surface area contributed by atoms with Gasteiger partial charge < -0.3 is 14.3 Å². The summed E-state index contributed by atoms with van der Waals surface area (Å²) in [6.07, 6.45) is -2.52. The molecular formula is C17H22BrFN5O9P.